The molecule has 3 aromatic heterocycles. The summed E-state index contributed by atoms with van der Waals surface area (Å²) in [5.41, 5.74) is 5.12. The zero-order valence-electron chi connectivity index (χ0n) is 18.9. The number of tetrazole rings is 1. The molecule has 0 N–H and O–H groups in total. The summed E-state index contributed by atoms with van der Waals surface area (Å²) in [5, 5.41) is 28.8. The molecule has 0 atom stereocenters. The van der Waals surface area contributed by atoms with Crippen molar-refractivity contribution in [2.24, 2.45) is 12.1 Å². The van der Waals surface area contributed by atoms with Crippen LogP contribution in [0.3, 0.4) is 0 Å². The minimum Gasteiger partial charge on any atom is -0.254 e. The van der Waals surface area contributed by atoms with Gasteiger partial charge in [0.15, 0.2) is 5.82 Å². The SMILES string of the molecule is Cc1cc2c(s1)-n1c(C)nnc1N(Cc1ccc(-c3nnnn3C)cc1)N=C2c1ccccc1. The molecule has 0 aliphatic carbocycles. The van der Waals surface area contributed by atoms with Gasteiger partial charge in [0.2, 0.25) is 0 Å². The van der Waals surface area contributed by atoms with Gasteiger partial charge in [0, 0.05) is 28.6 Å². The van der Waals surface area contributed by atoms with Crippen LogP contribution in [-0.2, 0) is 13.6 Å². The quantitative estimate of drug-likeness (QED) is 0.398. The third-order valence-corrected chi connectivity index (χ3v) is 6.80. The lowest BCUT2D eigenvalue weighted by Gasteiger charge is -2.18. The van der Waals surface area contributed by atoms with Crippen molar-refractivity contribution in [1.29, 1.82) is 0 Å². The molecule has 0 bridgehead atoms. The first-order chi connectivity index (χ1) is 16.6. The molecule has 5 aromatic rings. The van der Waals surface area contributed by atoms with Crippen LogP contribution >= 0.6 is 11.3 Å². The fraction of sp³-hybridized carbons (Fsp3) is 0.167. The van der Waals surface area contributed by atoms with Crippen LogP contribution in [0.5, 0.6) is 0 Å². The molecule has 0 spiro atoms. The second-order valence-electron chi connectivity index (χ2n) is 8.15. The maximum absolute atomic E-state index is 5.13. The first-order valence-corrected chi connectivity index (χ1v) is 11.7. The highest BCUT2D eigenvalue weighted by atomic mass is 32.1. The Labute approximate surface area is 200 Å². The molecule has 168 valence electrons. The van der Waals surface area contributed by atoms with E-state index in [1.54, 1.807) is 16.0 Å². The highest BCUT2D eigenvalue weighted by molar-refractivity contribution is 7.15. The number of hydrogen-bond donors (Lipinski definition) is 0. The molecule has 34 heavy (non-hydrogen) atoms. The average molecular weight is 468 g/mol. The molecule has 4 heterocycles. The highest BCUT2D eigenvalue weighted by Crippen LogP contribution is 2.35. The van der Waals surface area contributed by atoms with Crippen LogP contribution in [0.15, 0.2) is 65.8 Å². The number of aromatic nitrogens is 7. The van der Waals surface area contributed by atoms with E-state index in [0.717, 1.165) is 44.6 Å². The Balaban J connectivity index is 1.45. The van der Waals surface area contributed by atoms with Gasteiger partial charge in [-0.1, -0.05) is 54.6 Å². The van der Waals surface area contributed by atoms with Crippen molar-refractivity contribution in [2.75, 3.05) is 5.01 Å². The van der Waals surface area contributed by atoms with Crippen molar-refractivity contribution in [2.45, 2.75) is 20.4 Å². The number of nitrogens with zero attached hydrogens (tertiary/aromatic N) is 9. The van der Waals surface area contributed by atoms with Gasteiger partial charge in [0.1, 0.15) is 16.5 Å². The van der Waals surface area contributed by atoms with Gasteiger partial charge in [-0.3, -0.25) is 4.57 Å². The van der Waals surface area contributed by atoms with E-state index in [2.05, 4.69) is 67.5 Å². The summed E-state index contributed by atoms with van der Waals surface area (Å²) >= 11 is 1.73. The van der Waals surface area contributed by atoms with E-state index in [4.69, 9.17) is 5.10 Å². The topological polar surface area (TPSA) is 89.9 Å². The Hall–Kier alpha value is -4.18. The largest absolute Gasteiger partial charge is 0.254 e. The molecule has 0 unspecified atom stereocenters. The number of aryl methyl sites for hydroxylation is 3. The van der Waals surface area contributed by atoms with E-state index >= 15 is 0 Å². The van der Waals surface area contributed by atoms with Gasteiger partial charge in [-0.15, -0.1) is 26.6 Å². The molecule has 10 heteroatoms. The molecule has 9 nitrogen and oxygen atoms in total. The lowest BCUT2D eigenvalue weighted by Crippen LogP contribution is -2.20. The van der Waals surface area contributed by atoms with Crippen LogP contribution < -0.4 is 5.01 Å². The van der Waals surface area contributed by atoms with Gasteiger partial charge in [-0.2, -0.15) is 5.10 Å². The van der Waals surface area contributed by atoms with Gasteiger partial charge in [-0.25, -0.2) is 9.69 Å². The van der Waals surface area contributed by atoms with Crippen molar-refractivity contribution in [3.8, 4) is 16.4 Å². The maximum atomic E-state index is 5.13. The summed E-state index contributed by atoms with van der Waals surface area (Å²) in [6, 6.07) is 20.7. The molecule has 0 amide bonds. The number of rotatable bonds is 4. The second-order valence-corrected chi connectivity index (χ2v) is 9.39. The lowest BCUT2D eigenvalue weighted by molar-refractivity contribution is 0.714. The van der Waals surface area contributed by atoms with E-state index in [1.165, 1.54) is 4.88 Å². The predicted molar refractivity (Wildman–Crippen MR) is 131 cm³/mol. The second kappa shape index (κ2) is 7.99. The summed E-state index contributed by atoms with van der Waals surface area (Å²) < 4.78 is 3.76. The van der Waals surface area contributed by atoms with Gasteiger partial charge in [0.25, 0.3) is 5.95 Å². The predicted octanol–water partition coefficient (Wildman–Crippen LogP) is 3.91. The molecule has 0 fully saturated rings. The molecule has 1 aliphatic rings. The molecular weight excluding hydrogens is 446 g/mol. The number of benzene rings is 2. The van der Waals surface area contributed by atoms with E-state index in [1.807, 2.05) is 49.3 Å². The van der Waals surface area contributed by atoms with Crippen LogP contribution in [0.1, 0.15) is 27.4 Å². The molecule has 2 aromatic carbocycles. The van der Waals surface area contributed by atoms with Crippen molar-refractivity contribution < 1.29 is 0 Å². The van der Waals surface area contributed by atoms with Crippen molar-refractivity contribution in [3.63, 3.8) is 0 Å². The summed E-state index contributed by atoms with van der Waals surface area (Å²) in [6.45, 7) is 4.64. The van der Waals surface area contributed by atoms with E-state index < -0.39 is 0 Å². The van der Waals surface area contributed by atoms with Crippen LogP contribution in [-0.4, -0.2) is 40.7 Å². The number of anilines is 1. The zero-order valence-corrected chi connectivity index (χ0v) is 19.7. The molecule has 1 aliphatic heterocycles. The molecule has 0 saturated carbocycles. The Bertz CT molecular complexity index is 1510. The highest BCUT2D eigenvalue weighted by Gasteiger charge is 2.28. The number of hydrogen-bond acceptors (Lipinski definition) is 8. The third kappa shape index (κ3) is 3.39. The minimum atomic E-state index is 0.541. The molecule has 0 saturated heterocycles. The van der Waals surface area contributed by atoms with Crippen LogP contribution in [0.25, 0.3) is 16.4 Å². The monoisotopic (exact) mass is 467 g/mol. The Morgan fingerprint density at radius 2 is 1.68 bits per heavy atom. The van der Waals surface area contributed by atoms with Crippen molar-refractivity contribution in [3.05, 3.63) is 88.1 Å². The molecular formula is C24H21N9S. The fourth-order valence-electron chi connectivity index (χ4n) is 4.13. The summed E-state index contributed by atoms with van der Waals surface area (Å²) in [6.07, 6.45) is 0. The molecule has 0 radical (unpaired) electrons. The minimum absolute atomic E-state index is 0.541. The van der Waals surface area contributed by atoms with Crippen LogP contribution in [0.4, 0.5) is 5.95 Å². The van der Waals surface area contributed by atoms with Gasteiger partial charge < -0.3 is 0 Å². The van der Waals surface area contributed by atoms with Gasteiger partial charge in [-0.05, 0) is 35.9 Å². The van der Waals surface area contributed by atoms with Gasteiger partial charge >= 0.3 is 0 Å². The van der Waals surface area contributed by atoms with E-state index in [0.29, 0.717) is 12.5 Å². The number of hydrazone groups is 1. The summed E-state index contributed by atoms with van der Waals surface area (Å²) in [7, 11) is 1.83. The smallest absolute Gasteiger partial charge is 0.253 e. The first-order valence-electron chi connectivity index (χ1n) is 10.8. The number of thiophene rings is 1. The summed E-state index contributed by atoms with van der Waals surface area (Å²) in [5.74, 6) is 2.26. The van der Waals surface area contributed by atoms with Crippen LogP contribution in [0.2, 0.25) is 0 Å². The standard InChI is InChI=1S/C24H21N9S/c1-15-13-20-21(18-7-5-4-6-8-18)28-32(24-27-25-16(2)33(24)23(20)34-15)14-17-9-11-19(12-10-17)22-26-29-30-31(22)3/h4-13H,14H2,1-3H3. The van der Waals surface area contributed by atoms with Crippen molar-refractivity contribution in [1.82, 2.24) is 35.0 Å². The first kappa shape index (κ1) is 20.4. The molecule has 6 rings (SSSR count). The summed E-state index contributed by atoms with van der Waals surface area (Å²) in [4.78, 5) is 1.22. The van der Waals surface area contributed by atoms with Crippen LogP contribution in [0, 0.1) is 13.8 Å². The van der Waals surface area contributed by atoms with E-state index in [-0.39, 0.29) is 0 Å². The normalized spacial score (nSPS) is 12.8. The fourth-order valence-corrected chi connectivity index (χ4v) is 5.19. The average Bonchev–Trinajstić information content (AvgIpc) is 3.54. The van der Waals surface area contributed by atoms with E-state index in [9.17, 15) is 0 Å². The lowest BCUT2D eigenvalue weighted by atomic mass is 10.0. The zero-order chi connectivity index (χ0) is 23.2. The Morgan fingerprint density at radius 3 is 2.41 bits per heavy atom. The third-order valence-electron chi connectivity index (χ3n) is 5.77. The number of fused-ring (bicyclic) bond motifs is 3. The van der Waals surface area contributed by atoms with Crippen molar-refractivity contribution >= 4 is 23.0 Å². The Kier molecular flexibility index (Phi) is 4.80. The Morgan fingerprint density at radius 1 is 0.882 bits per heavy atom. The van der Waals surface area contributed by atoms with Gasteiger partial charge in [0.05, 0.1) is 6.54 Å². The maximum Gasteiger partial charge on any atom is 0.253 e.